The Kier molecular flexibility index (Phi) is 3.83. The molecule has 1 aliphatic heterocycles. The molecule has 0 radical (unpaired) electrons. The number of benzene rings is 1. The third-order valence-corrected chi connectivity index (χ3v) is 4.45. The van der Waals surface area contributed by atoms with E-state index < -0.39 is 0 Å². The number of pyridine rings is 1. The molecule has 0 bridgehead atoms. The Balaban J connectivity index is 1.58. The molecule has 0 N–H and O–H groups in total. The molecule has 3 heterocycles. The number of hydrogen-bond acceptors (Lipinski definition) is 3. The number of nitrogens with zero attached hydrogens (tertiary/aromatic N) is 4. The van der Waals surface area contributed by atoms with Crippen molar-refractivity contribution in [3.8, 4) is 5.69 Å². The molecule has 0 saturated carbocycles. The van der Waals surface area contributed by atoms with Crippen LogP contribution in [0.25, 0.3) is 5.69 Å². The first-order valence-electron chi connectivity index (χ1n) is 8.14. The average Bonchev–Trinajstić information content (AvgIpc) is 3.32. The van der Waals surface area contributed by atoms with Gasteiger partial charge in [-0.25, -0.2) is 4.68 Å². The SMILES string of the molecule is O=C(c1cnn(-c2ccccc2)c1)N1CCC[C@H]1c1ccncc1. The van der Waals surface area contributed by atoms with Gasteiger partial charge in [0, 0.05) is 25.1 Å². The van der Waals surface area contributed by atoms with Gasteiger partial charge in [0.25, 0.3) is 5.91 Å². The number of hydrogen-bond donors (Lipinski definition) is 0. The van der Waals surface area contributed by atoms with E-state index in [0.29, 0.717) is 5.56 Å². The van der Waals surface area contributed by atoms with Crippen LogP contribution in [0.5, 0.6) is 0 Å². The summed E-state index contributed by atoms with van der Waals surface area (Å²) in [5, 5.41) is 4.34. The Hall–Kier alpha value is -2.95. The zero-order valence-electron chi connectivity index (χ0n) is 13.2. The molecule has 0 spiro atoms. The van der Waals surface area contributed by atoms with E-state index in [-0.39, 0.29) is 11.9 Å². The minimum atomic E-state index is 0.0384. The molecule has 0 aliphatic carbocycles. The molecule has 5 nitrogen and oxygen atoms in total. The highest BCUT2D eigenvalue weighted by atomic mass is 16.2. The normalized spacial score (nSPS) is 17.2. The highest BCUT2D eigenvalue weighted by Crippen LogP contribution is 2.32. The van der Waals surface area contributed by atoms with Crippen LogP contribution in [0.4, 0.5) is 0 Å². The summed E-state index contributed by atoms with van der Waals surface area (Å²) in [5.41, 5.74) is 2.72. The van der Waals surface area contributed by atoms with Crippen LogP contribution in [0.1, 0.15) is 34.8 Å². The third kappa shape index (κ3) is 2.69. The minimum absolute atomic E-state index is 0.0384. The number of para-hydroxylation sites is 1. The van der Waals surface area contributed by atoms with Crippen molar-refractivity contribution in [1.29, 1.82) is 0 Å². The van der Waals surface area contributed by atoms with Crippen molar-refractivity contribution in [3.63, 3.8) is 0 Å². The molecule has 0 unspecified atom stereocenters. The van der Waals surface area contributed by atoms with Crippen LogP contribution in [0.2, 0.25) is 0 Å². The van der Waals surface area contributed by atoms with Gasteiger partial charge >= 0.3 is 0 Å². The molecule has 1 saturated heterocycles. The van der Waals surface area contributed by atoms with E-state index in [2.05, 4.69) is 10.1 Å². The van der Waals surface area contributed by atoms with Crippen molar-refractivity contribution in [2.75, 3.05) is 6.54 Å². The molecule has 5 heteroatoms. The maximum absolute atomic E-state index is 12.9. The topological polar surface area (TPSA) is 51.0 Å². The van der Waals surface area contributed by atoms with Crippen molar-refractivity contribution in [2.45, 2.75) is 18.9 Å². The summed E-state index contributed by atoms with van der Waals surface area (Å²) in [6.45, 7) is 0.780. The van der Waals surface area contributed by atoms with E-state index in [4.69, 9.17) is 0 Å². The van der Waals surface area contributed by atoms with Gasteiger partial charge in [-0.1, -0.05) is 18.2 Å². The molecule has 4 rings (SSSR count). The number of aromatic nitrogens is 3. The van der Waals surface area contributed by atoms with E-state index >= 15 is 0 Å². The summed E-state index contributed by atoms with van der Waals surface area (Å²) in [6, 6.07) is 13.9. The van der Waals surface area contributed by atoms with Crippen molar-refractivity contribution >= 4 is 5.91 Å². The molecular weight excluding hydrogens is 300 g/mol. The van der Waals surface area contributed by atoms with Gasteiger partial charge in [-0.05, 0) is 42.7 Å². The van der Waals surface area contributed by atoms with Gasteiger partial charge in [0.05, 0.1) is 23.5 Å². The Morgan fingerprint density at radius 1 is 1.08 bits per heavy atom. The van der Waals surface area contributed by atoms with E-state index in [1.165, 1.54) is 0 Å². The first-order valence-corrected chi connectivity index (χ1v) is 8.14. The summed E-state index contributed by atoms with van der Waals surface area (Å²) in [6.07, 6.45) is 9.03. The standard InChI is InChI=1S/C19H18N4O/c24-19(16-13-21-23(14-16)17-5-2-1-3-6-17)22-12-4-7-18(22)15-8-10-20-11-9-15/h1-3,5-6,8-11,13-14,18H,4,7,12H2/t18-/m0/s1. The predicted molar refractivity (Wildman–Crippen MR) is 90.8 cm³/mol. The monoisotopic (exact) mass is 318 g/mol. The van der Waals surface area contributed by atoms with Crippen LogP contribution in [0.15, 0.2) is 67.3 Å². The second-order valence-electron chi connectivity index (χ2n) is 5.95. The first-order chi connectivity index (χ1) is 11.8. The number of carbonyl (C=O) groups excluding carboxylic acids is 1. The predicted octanol–water partition coefficient (Wildman–Crippen LogP) is 3.24. The van der Waals surface area contributed by atoms with Gasteiger partial charge in [0.1, 0.15) is 0 Å². The van der Waals surface area contributed by atoms with Crippen molar-refractivity contribution in [3.05, 3.63) is 78.4 Å². The zero-order chi connectivity index (χ0) is 16.4. The molecule has 1 aromatic carbocycles. The maximum atomic E-state index is 12.9. The van der Waals surface area contributed by atoms with Gasteiger partial charge in [-0.15, -0.1) is 0 Å². The van der Waals surface area contributed by atoms with Crippen LogP contribution in [0, 0.1) is 0 Å². The summed E-state index contributed by atoms with van der Waals surface area (Å²) >= 11 is 0. The molecular formula is C19H18N4O. The largest absolute Gasteiger partial charge is 0.332 e. The molecule has 24 heavy (non-hydrogen) atoms. The lowest BCUT2D eigenvalue weighted by molar-refractivity contribution is 0.0735. The first kappa shape index (κ1) is 14.6. The van der Waals surface area contributed by atoms with E-state index in [0.717, 1.165) is 30.6 Å². The Morgan fingerprint density at radius 2 is 1.88 bits per heavy atom. The summed E-state index contributed by atoms with van der Waals surface area (Å²) in [7, 11) is 0. The lowest BCUT2D eigenvalue weighted by Gasteiger charge is -2.24. The summed E-state index contributed by atoms with van der Waals surface area (Å²) in [5.74, 6) is 0.0384. The zero-order valence-corrected chi connectivity index (χ0v) is 13.2. The van der Waals surface area contributed by atoms with Gasteiger partial charge < -0.3 is 4.90 Å². The molecule has 1 amide bonds. The second kappa shape index (κ2) is 6.28. The fourth-order valence-corrected chi connectivity index (χ4v) is 3.26. The Morgan fingerprint density at radius 3 is 2.67 bits per heavy atom. The molecule has 2 aromatic heterocycles. The van der Waals surface area contributed by atoms with Crippen LogP contribution >= 0.6 is 0 Å². The highest BCUT2D eigenvalue weighted by Gasteiger charge is 2.31. The maximum Gasteiger partial charge on any atom is 0.257 e. The van der Waals surface area contributed by atoms with E-state index in [9.17, 15) is 4.79 Å². The number of carbonyl (C=O) groups is 1. The van der Waals surface area contributed by atoms with Crippen LogP contribution in [-0.4, -0.2) is 32.1 Å². The van der Waals surface area contributed by atoms with Crippen molar-refractivity contribution in [2.24, 2.45) is 0 Å². The van der Waals surface area contributed by atoms with Crippen LogP contribution < -0.4 is 0 Å². The van der Waals surface area contributed by atoms with Gasteiger partial charge in [-0.2, -0.15) is 5.10 Å². The number of likely N-dealkylation sites (tertiary alicyclic amines) is 1. The summed E-state index contributed by atoms with van der Waals surface area (Å²) in [4.78, 5) is 18.9. The molecule has 1 atom stereocenters. The molecule has 1 fully saturated rings. The lowest BCUT2D eigenvalue weighted by Crippen LogP contribution is -2.30. The fourth-order valence-electron chi connectivity index (χ4n) is 3.26. The number of rotatable bonds is 3. The average molecular weight is 318 g/mol. The summed E-state index contributed by atoms with van der Waals surface area (Å²) < 4.78 is 1.74. The van der Waals surface area contributed by atoms with Crippen molar-refractivity contribution < 1.29 is 4.79 Å². The Bertz CT molecular complexity index is 829. The quantitative estimate of drug-likeness (QED) is 0.745. The minimum Gasteiger partial charge on any atom is -0.332 e. The Labute approximate surface area is 140 Å². The van der Waals surface area contributed by atoms with E-state index in [1.54, 1.807) is 29.5 Å². The van der Waals surface area contributed by atoms with Gasteiger partial charge in [0.2, 0.25) is 0 Å². The third-order valence-electron chi connectivity index (χ3n) is 4.45. The molecule has 1 aliphatic rings. The fraction of sp³-hybridized carbons (Fsp3) is 0.211. The smallest absolute Gasteiger partial charge is 0.257 e. The second-order valence-corrected chi connectivity index (χ2v) is 5.95. The van der Waals surface area contributed by atoms with Gasteiger partial charge in [0.15, 0.2) is 0 Å². The van der Waals surface area contributed by atoms with Crippen LogP contribution in [-0.2, 0) is 0 Å². The highest BCUT2D eigenvalue weighted by molar-refractivity contribution is 5.94. The number of amides is 1. The molecule has 120 valence electrons. The van der Waals surface area contributed by atoms with Crippen molar-refractivity contribution in [1.82, 2.24) is 19.7 Å². The van der Waals surface area contributed by atoms with Crippen LogP contribution in [0.3, 0.4) is 0 Å². The molecule has 3 aromatic rings. The van der Waals surface area contributed by atoms with E-state index in [1.807, 2.05) is 47.4 Å². The lowest BCUT2D eigenvalue weighted by atomic mass is 10.1. The van der Waals surface area contributed by atoms with Gasteiger partial charge in [-0.3, -0.25) is 9.78 Å².